The van der Waals surface area contributed by atoms with Gasteiger partial charge in [-0.2, -0.15) is 0 Å². The molecule has 0 heterocycles. The standard InChI is InChI=1S/C10H16O4/c1-4-5-8(3)14-10(13)7(2)6-9(11)12/h6,8H,4-5H2,1-3H3,(H,11,12)/b7-6-. The zero-order valence-corrected chi connectivity index (χ0v) is 8.74. The second-order valence-electron chi connectivity index (χ2n) is 3.17. The second kappa shape index (κ2) is 6.18. The fourth-order valence-corrected chi connectivity index (χ4v) is 0.985. The Hall–Kier alpha value is -1.32. The molecule has 0 saturated heterocycles. The van der Waals surface area contributed by atoms with Crippen LogP contribution in [-0.4, -0.2) is 23.1 Å². The van der Waals surface area contributed by atoms with Crippen LogP contribution in [0.4, 0.5) is 0 Å². The van der Waals surface area contributed by atoms with Gasteiger partial charge in [-0.15, -0.1) is 0 Å². The van der Waals surface area contributed by atoms with E-state index in [1.807, 2.05) is 6.92 Å². The van der Waals surface area contributed by atoms with Crippen molar-refractivity contribution in [1.82, 2.24) is 0 Å². The topological polar surface area (TPSA) is 63.6 Å². The zero-order chi connectivity index (χ0) is 11.1. The van der Waals surface area contributed by atoms with Crippen molar-refractivity contribution in [3.63, 3.8) is 0 Å². The summed E-state index contributed by atoms with van der Waals surface area (Å²) in [5.74, 6) is -1.70. The van der Waals surface area contributed by atoms with Crippen LogP contribution in [0.5, 0.6) is 0 Å². The summed E-state index contributed by atoms with van der Waals surface area (Å²) < 4.78 is 4.98. The molecule has 0 radical (unpaired) electrons. The minimum atomic E-state index is -1.14. The lowest BCUT2D eigenvalue weighted by Crippen LogP contribution is -2.15. The average molecular weight is 200 g/mol. The summed E-state index contributed by atoms with van der Waals surface area (Å²) in [7, 11) is 0. The number of ether oxygens (including phenoxy) is 1. The van der Waals surface area contributed by atoms with Crippen LogP contribution >= 0.6 is 0 Å². The van der Waals surface area contributed by atoms with Crippen molar-refractivity contribution in [3.05, 3.63) is 11.6 Å². The Labute approximate surface area is 83.6 Å². The van der Waals surface area contributed by atoms with Gasteiger partial charge in [-0.3, -0.25) is 0 Å². The lowest BCUT2D eigenvalue weighted by Gasteiger charge is -2.11. The van der Waals surface area contributed by atoms with Crippen molar-refractivity contribution in [2.45, 2.75) is 39.7 Å². The number of carboxylic acids is 1. The predicted molar refractivity (Wildman–Crippen MR) is 51.9 cm³/mol. The van der Waals surface area contributed by atoms with Gasteiger partial charge in [0, 0.05) is 11.6 Å². The molecule has 0 amide bonds. The van der Waals surface area contributed by atoms with Crippen molar-refractivity contribution in [2.24, 2.45) is 0 Å². The Morgan fingerprint density at radius 2 is 2.07 bits per heavy atom. The van der Waals surface area contributed by atoms with E-state index in [9.17, 15) is 9.59 Å². The van der Waals surface area contributed by atoms with E-state index in [0.717, 1.165) is 18.9 Å². The van der Waals surface area contributed by atoms with Gasteiger partial charge in [0.1, 0.15) is 0 Å². The van der Waals surface area contributed by atoms with E-state index in [4.69, 9.17) is 9.84 Å². The third kappa shape index (κ3) is 5.35. The molecule has 1 N–H and O–H groups in total. The molecule has 0 aliphatic carbocycles. The summed E-state index contributed by atoms with van der Waals surface area (Å²) in [6.45, 7) is 5.20. The molecule has 0 rings (SSSR count). The van der Waals surface area contributed by atoms with Crippen molar-refractivity contribution in [1.29, 1.82) is 0 Å². The minimum absolute atomic E-state index is 0.112. The average Bonchev–Trinajstić information content (AvgIpc) is 2.02. The molecule has 4 heteroatoms. The van der Waals surface area contributed by atoms with Crippen molar-refractivity contribution < 1.29 is 19.4 Å². The van der Waals surface area contributed by atoms with E-state index in [1.54, 1.807) is 6.92 Å². The number of carbonyl (C=O) groups excluding carboxylic acids is 1. The molecule has 0 aromatic carbocycles. The van der Waals surface area contributed by atoms with Gasteiger partial charge in [0.2, 0.25) is 0 Å². The first-order valence-electron chi connectivity index (χ1n) is 4.59. The summed E-state index contributed by atoms with van der Waals surface area (Å²) in [4.78, 5) is 21.5. The molecule has 0 aliphatic rings. The number of hydrogen-bond acceptors (Lipinski definition) is 3. The molecule has 1 atom stereocenters. The van der Waals surface area contributed by atoms with Crippen LogP contribution in [-0.2, 0) is 14.3 Å². The molecular formula is C10H16O4. The summed E-state index contributed by atoms with van der Waals surface area (Å²) in [6, 6.07) is 0. The van der Waals surface area contributed by atoms with Gasteiger partial charge >= 0.3 is 11.9 Å². The van der Waals surface area contributed by atoms with Crippen LogP contribution in [0.3, 0.4) is 0 Å². The highest BCUT2D eigenvalue weighted by atomic mass is 16.5. The summed E-state index contributed by atoms with van der Waals surface area (Å²) in [5.41, 5.74) is 0.112. The molecule has 1 unspecified atom stereocenters. The van der Waals surface area contributed by atoms with Crippen LogP contribution in [0.25, 0.3) is 0 Å². The van der Waals surface area contributed by atoms with Crippen LogP contribution in [0, 0.1) is 0 Å². The summed E-state index contributed by atoms with van der Waals surface area (Å²) in [5, 5.41) is 8.39. The van der Waals surface area contributed by atoms with Crippen LogP contribution in [0.2, 0.25) is 0 Å². The van der Waals surface area contributed by atoms with E-state index in [0.29, 0.717) is 0 Å². The van der Waals surface area contributed by atoms with Gasteiger partial charge < -0.3 is 9.84 Å². The van der Waals surface area contributed by atoms with Crippen LogP contribution in [0.15, 0.2) is 11.6 Å². The van der Waals surface area contributed by atoms with Gasteiger partial charge in [0.05, 0.1) is 6.10 Å². The van der Waals surface area contributed by atoms with Crippen LogP contribution in [0.1, 0.15) is 33.6 Å². The van der Waals surface area contributed by atoms with Crippen LogP contribution < -0.4 is 0 Å². The first kappa shape index (κ1) is 12.7. The maximum absolute atomic E-state index is 11.2. The molecule has 0 aromatic heterocycles. The number of carboxylic acid groups (broad SMARTS) is 1. The fourth-order valence-electron chi connectivity index (χ4n) is 0.985. The number of esters is 1. The lowest BCUT2D eigenvalue weighted by atomic mass is 10.2. The quantitative estimate of drug-likeness (QED) is 0.542. The van der Waals surface area contributed by atoms with Gasteiger partial charge in [-0.25, -0.2) is 9.59 Å². The Kier molecular flexibility index (Phi) is 5.60. The van der Waals surface area contributed by atoms with Gasteiger partial charge in [0.15, 0.2) is 0 Å². The lowest BCUT2D eigenvalue weighted by molar-refractivity contribution is -0.144. The smallest absolute Gasteiger partial charge is 0.334 e. The largest absolute Gasteiger partial charge is 0.478 e. The fraction of sp³-hybridized carbons (Fsp3) is 0.600. The summed E-state index contributed by atoms with van der Waals surface area (Å²) in [6.07, 6.45) is 2.40. The number of aliphatic carboxylic acids is 1. The van der Waals surface area contributed by atoms with E-state index >= 15 is 0 Å². The molecule has 4 nitrogen and oxygen atoms in total. The normalized spacial score (nSPS) is 13.5. The Balaban J connectivity index is 4.14. The predicted octanol–water partition coefficient (Wildman–Crippen LogP) is 1.75. The Bertz CT molecular complexity index is 243. The van der Waals surface area contributed by atoms with Gasteiger partial charge in [-0.05, 0) is 20.3 Å². The number of hydrogen-bond donors (Lipinski definition) is 1. The number of carbonyl (C=O) groups is 2. The van der Waals surface area contributed by atoms with Gasteiger partial charge in [0.25, 0.3) is 0 Å². The first-order valence-corrected chi connectivity index (χ1v) is 4.59. The SMILES string of the molecule is CCCC(C)OC(=O)/C(C)=C\C(=O)O. The van der Waals surface area contributed by atoms with E-state index in [2.05, 4.69) is 0 Å². The maximum Gasteiger partial charge on any atom is 0.334 e. The molecule has 80 valence electrons. The molecule has 0 bridgehead atoms. The molecule has 0 spiro atoms. The molecule has 0 aliphatic heterocycles. The van der Waals surface area contributed by atoms with E-state index in [1.165, 1.54) is 6.92 Å². The minimum Gasteiger partial charge on any atom is -0.478 e. The molecule has 0 fully saturated rings. The second-order valence-corrected chi connectivity index (χ2v) is 3.17. The highest BCUT2D eigenvalue weighted by molar-refractivity contribution is 5.95. The zero-order valence-electron chi connectivity index (χ0n) is 8.74. The first-order chi connectivity index (χ1) is 6.47. The van der Waals surface area contributed by atoms with Gasteiger partial charge in [-0.1, -0.05) is 13.3 Å². The molecule has 14 heavy (non-hydrogen) atoms. The van der Waals surface area contributed by atoms with E-state index < -0.39 is 11.9 Å². The van der Waals surface area contributed by atoms with Crippen molar-refractivity contribution in [3.8, 4) is 0 Å². The summed E-state index contributed by atoms with van der Waals surface area (Å²) >= 11 is 0. The van der Waals surface area contributed by atoms with E-state index in [-0.39, 0.29) is 11.7 Å². The van der Waals surface area contributed by atoms with Crippen molar-refractivity contribution in [2.75, 3.05) is 0 Å². The monoisotopic (exact) mass is 200 g/mol. The molecule has 0 saturated carbocycles. The number of rotatable bonds is 5. The maximum atomic E-state index is 11.2. The highest BCUT2D eigenvalue weighted by Crippen LogP contribution is 2.05. The third-order valence-corrected chi connectivity index (χ3v) is 1.67. The molecular weight excluding hydrogens is 184 g/mol. The molecule has 0 aromatic rings. The Morgan fingerprint density at radius 1 is 1.50 bits per heavy atom. The highest BCUT2D eigenvalue weighted by Gasteiger charge is 2.11. The Morgan fingerprint density at radius 3 is 2.50 bits per heavy atom. The third-order valence-electron chi connectivity index (χ3n) is 1.67. The van der Waals surface area contributed by atoms with Crippen molar-refractivity contribution >= 4 is 11.9 Å².